The number of methoxy groups -OCH3 is 1. The summed E-state index contributed by atoms with van der Waals surface area (Å²) in [6, 6.07) is 5.62. The first kappa shape index (κ1) is 17.1. The van der Waals surface area contributed by atoms with E-state index in [4.69, 9.17) is 9.47 Å². The minimum Gasteiger partial charge on any atom is -0.382 e. The third-order valence-corrected chi connectivity index (χ3v) is 3.72. The van der Waals surface area contributed by atoms with Gasteiger partial charge in [0.25, 0.3) is 5.91 Å². The summed E-state index contributed by atoms with van der Waals surface area (Å²) in [5.41, 5.74) is 1.80. The van der Waals surface area contributed by atoms with Crippen molar-refractivity contribution < 1.29 is 14.3 Å². The normalized spacial score (nSPS) is 10.6. The molecule has 0 saturated heterocycles. The largest absolute Gasteiger partial charge is 0.382 e. The summed E-state index contributed by atoms with van der Waals surface area (Å²) in [5, 5.41) is 2.91. The van der Waals surface area contributed by atoms with Gasteiger partial charge in [0.1, 0.15) is 0 Å². The Balaban J connectivity index is 2.15. The molecule has 4 nitrogen and oxygen atoms in total. The lowest BCUT2D eigenvalue weighted by atomic mass is 10.1. The van der Waals surface area contributed by atoms with Gasteiger partial charge in [0.05, 0.1) is 13.2 Å². The van der Waals surface area contributed by atoms with Gasteiger partial charge in [0.2, 0.25) is 0 Å². The Morgan fingerprint density at radius 1 is 1.25 bits per heavy atom. The molecule has 0 spiro atoms. The van der Waals surface area contributed by atoms with E-state index >= 15 is 0 Å². The maximum Gasteiger partial charge on any atom is 0.251 e. The van der Waals surface area contributed by atoms with E-state index in [2.05, 4.69) is 21.2 Å². The minimum absolute atomic E-state index is 0.0361. The summed E-state index contributed by atoms with van der Waals surface area (Å²) in [4.78, 5) is 11.9. The summed E-state index contributed by atoms with van der Waals surface area (Å²) in [6.45, 7) is 4.61. The summed E-state index contributed by atoms with van der Waals surface area (Å²) < 4.78 is 11.2. The number of carbonyl (C=O) groups is 1. The number of unbranched alkanes of at least 4 members (excludes halogenated alkanes) is 1. The fraction of sp³-hybridized carbons (Fsp3) is 0.533. The third kappa shape index (κ3) is 6.50. The van der Waals surface area contributed by atoms with Crippen LogP contribution in [-0.2, 0) is 9.47 Å². The molecule has 0 aliphatic rings. The van der Waals surface area contributed by atoms with Crippen LogP contribution in [0.25, 0.3) is 0 Å². The van der Waals surface area contributed by atoms with Crippen molar-refractivity contribution in [3.05, 3.63) is 33.8 Å². The molecule has 20 heavy (non-hydrogen) atoms. The fourth-order valence-electron chi connectivity index (χ4n) is 1.61. The van der Waals surface area contributed by atoms with Crippen molar-refractivity contribution in [3.63, 3.8) is 0 Å². The zero-order chi connectivity index (χ0) is 14.8. The topological polar surface area (TPSA) is 47.6 Å². The van der Waals surface area contributed by atoms with E-state index < -0.39 is 0 Å². The van der Waals surface area contributed by atoms with E-state index in [1.54, 1.807) is 7.11 Å². The van der Waals surface area contributed by atoms with Gasteiger partial charge in [0.15, 0.2) is 0 Å². The molecule has 0 atom stereocenters. The Bertz CT molecular complexity index is 424. The number of ether oxygens (including phenoxy) is 2. The van der Waals surface area contributed by atoms with Gasteiger partial charge < -0.3 is 14.8 Å². The van der Waals surface area contributed by atoms with Crippen molar-refractivity contribution >= 4 is 21.8 Å². The summed E-state index contributed by atoms with van der Waals surface area (Å²) in [7, 11) is 1.66. The lowest BCUT2D eigenvalue weighted by Gasteiger charge is -2.07. The zero-order valence-electron chi connectivity index (χ0n) is 12.1. The number of carbonyl (C=O) groups excluding carboxylic acids is 1. The molecule has 1 aromatic carbocycles. The summed E-state index contributed by atoms with van der Waals surface area (Å²) in [5.74, 6) is -0.0361. The van der Waals surface area contributed by atoms with Crippen molar-refractivity contribution in [2.75, 3.05) is 33.5 Å². The smallest absolute Gasteiger partial charge is 0.251 e. The molecule has 1 amide bonds. The van der Waals surface area contributed by atoms with Crippen molar-refractivity contribution in [2.24, 2.45) is 0 Å². The minimum atomic E-state index is -0.0361. The number of rotatable bonds is 9. The van der Waals surface area contributed by atoms with Crippen LogP contribution in [0.5, 0.6) is 0 Å². The molecule has 1 N–H and O–H groups in total. The Hall–Kier alpha value is -0.910. The van der Waals surface area contributed by atoms with E-state index in [9.17, 15) is 4.79 Å². The predicted molar refractivity (Wildman–Crippen MR) is 83.1 cm³/mol. The Kier molecular flexibility index (Phi) is 8.49. The molecule has 5 heteroatoms. The highest BCUT2D eigenvalue weighted by molar-refractivity contribution is 9.10. The maximum atomic E-state index is 11.9. The lowest BCUT2D eigenvalue weighted by molar-refractivity contribution is 0.0686. The molecule has 0 radical (unpaired) electrons. The van der Waals surface area contributed by atoms with Crippen LogP contribution < -0.4 is 5.32 Å². The number of hydrogen-bond acceptors (Lipinski definition) is 3. The Morgan fingerprint density at radius 2 is 2.05 bits per heavy atom. The standard InChI is InChI=1S/C15H22BrNO3/c1-12-5-6-13(11-14(12)16)15(18)17-7-3-4-8-20-10-9-19-2/h5-6,11H,3-4,7-10H2,1-2H3,(H,17,18). The SMILES string of the molecule is COCCOCCCCNC(=O)c1ccc(C)c(Br)c1. The zero-order valence-corrected chi connectivity index (χ0v) is 13.7. The lowest BCUT2D eigenvalue weighted by Crippen LogP contribution is -2.24. The molecule has 0 fully saturated rings. The molecule has 0 bridgehead atoms. The second-order valence-electron chi connectivity index (χ2n) is 4.53. The van der Waals surface area contributed by atoms with Gasteiger partial charge >= 0.3 is 0 Å². The van der Waals surface area contributed by atoms with Crippen LogP contribution in [0.15, 0.2) is 22.7 Å². The van der Waals surface area contributed by atoms with Gasteiger partial charge in [-0.25, -0.2) is 0 Å². The molecule has 0 heterocycles. The molecule has 0 aromatic heterocycles. The molecule has 1 aromatic rings. The van der Waals surface area contributed by atoms with Gasteiger partial charge in [-0.3, -0.25) is 4.79 Å². The van der Waals surface area contributed by atoms with Crippen molar-refractivity contribution in [2.45, 2.75) is 19.8 Å². The van der Waals surface area contributed by atoms with E-state index in [0.717, 1.165) is 22.9 Å². The summed E-state index contributed by atoms with van der Waals surface area (Å²) in [6.07, 6.45) is 1.84. The first-order valence-electron chi connectivity index (χ1n) is 6.76. The Labute approximate surface area is 129 Å². The number of aryl methyl sites for hydroxylation is 1. The molecular formula is C15H22BrNO3. The Morgan fingerprint density at radius 3 is 2.75 bits per heavy atom. The van der Waals surface area contributed by atoms with Crippen LogP contribution in [0.3, 0.4) is 0 Å². The average molecular weight is 344 g/mol. The molecular weight excluding hydrogens is 322 g/mol. The molecule has 0 saturated carbocycles. The number of benzene rings is 1. The third-order valence-electron chi connectivity index (χ3n) is 2.87. The van der Waals surface area contributed by atoms with E-state index in [-0.39, 0.29) is 5.91 Å². The fourth-order valence-corrected chi connectivity index (χ4v) is 1.99. The number of halogens is 1. The van der Waals surface area contributed by atoms with Crippen molar-refractivity contribution in [3.8, 4) is 0 Å². The van der Waals surface area contributed by atoms with Crippen LogP contribution in [0.4, 0.5) is 0 Å². The van der Waals surface area contributed by atoms with Crippen LogP contribution in [0.1, 0.15) is 28.8 Å². The second-order valence-corrected chi connectivity index (χ2v) is 5.39. The van der Waals surface area contributed by atoms with Crippen LogP contribution in [0, 0.1) is 6.92 Å². The highest BCUT2D eigenvalue weighted by Gasteiger charge is 2.06. The number of hydrogen-bond donors (Lipinski definition) is 1. The molecule has 0 aliphatic carbocycles. The molecule has 0 unspecified atom stereocenters. The quantitative estimate of drug-likeness (QED) is 0.701. The van der Waals surface area contributed by atoms with Crippen LogP contribution in [0.2, 0.25) is 0 Å². The average Bonchev–Trinajstić information content (AvgIpc) is 2.44. The van der Waals surface area contributed by atoms with E-state index in [0.29, 0.717) is 31.9 Å². The van der Waals surface area contributed by atoms with Gasteiger partial charge in [0, 0.05) is 30.3 Å². The van der Waals surface area contributed by atoms with Gasteiger partial charge in [-0.2, -0.15) is 0 Å². The molecule has 112 valence electrons. The first-order chi connectivity index (χ1) is 9.65. The van der Waals surface area contributed by atoms with Crippen molar-refractivity contribution in [1.82, 2.24) is 5.32 Å². The molecule has 0 aliphatic heterocycles. The summed E-state index contributed by atoms with van der Waals surface area (Å²) >= 11 is 3.43. The maximum absolute atomic E-state index is 11.9. The van der Waals surface area contributed by atoms with Gasteiger partial charge in [-0.1, -0.05) is 22.0 Å². The van der Waals surface area contributed by atoms with E-state index in [1.165, 1.54) is 0 Å². The van der Waals surface area contributed by atoms with Gasteiger partial charge in [-0.15, -0.1) is 0 Å². The molecule has 1 rings (SSSR count). The van der Waals surface area contributed by atoms with Crippen LogP contribution in [-0.4, -0.2) is 39.4 Å². The first-order valence-corrected chi connectivity index (χ1v) is 7.55. The van der Waals surface area contributed by atoms with Crippen LogP contribution >= 0.6 is 15.9 Å². The van der Waals surface area contributed by atoms with E-state index in [1.807, 2.05) is 25.1 Å². The monoisotopic (exact) mass is 343 g/mol. The highest BCUT2D eigenvalue weighted by atomic mass is 79.9. The number of amides is 1. The highest BCUT2D eigenvalue weighted by Crippen LogP contribution is 2.17. The number of nitrogens with one attached hydrogen (secondary N) is 1. The van der Waals surface area contributed by atoms with Gasteiger partial charge in [-0.05, 0) is 37.5 Å². The van der Waals surface area contributed by atoms with Crippen molar-refractivity contribution in [1.29, 1.82) is 0 Å². The second kappa shape index (κ2) is 9.91. The predicted octanol–water partition coefficient (Wildman–Crippen LogP) is 2.93.